The molecule has 1 aliphatic rings. The first kappa shape index (κ1) is 19.3. The zero-order valence-electron chi connectivity index (χ0n) is 15.1. The lowest BCUT2D eigenvalue weighted by atomic mass is 10.1. The van der Waals surface area contributed by atoms with Gasteiger partial charge in [0.2, 0.25) is 5.91 Å². The molecule has 3 rings (SSSR count). The third kappa shape index (κ3) is 5.25. The van der Waals surface area contributed by atoms with Crippen LogP contribution in [0, 0.1) is 0 Å². The summed E-state index contributed by atoms with van der Waals surface area (Å²) in [7, 11) is 0. The molecule has 0 saturated carbocycles. The second-order valence-corrected chi connectivity index (χ2v) is 6.84. The lowest BCUT2D eigenvalue weighted by Crippen LogP contribution is -2.26. The van der Waals surface area contributed by atoms with Gasteiger partial charge in [-0.15, -0.1) is 0 Å². The van der Waals surface area contributed by atoms with Gasteiger partial charge in [0.1, 0.15) is 0 Å². The van der Waals surface area contributed by atoms with Gasteiger partial charge in [0, 0.05) is 13.1 Å². The van der Waals surface area contributed by atoms with Gasteiger partial charge in [0.15, 0.2) is 0 Å². The van der Waals surface area contributed by atoms with Crippen LogP contribution in [0.15, 0.2) is 48.5 Å². The molecule has 27 heavy (non-hydrogen) atoms. The third-order valence-electron chi connectivity index (χ3n) is 4.74. The van der Waals surface area contributed by atoms with E-state index < -0.39 is 11.7 Å². The fraction of sp³-hybridized carbons (Fsp3) is 0.381. The fourth-order valence-electron chi connectivity index (χ4n) is 3.40. The standard InChI is InChI=1S/C21H23F3N2O/c22-21(23,24)17-9-7-8-16(14-17)15-20(27)25-18-10-3-4-11-19(18)26-12-5-1-2-6-13-26/h3-4,7-11,14H,1-2,5-6,12-13,15H2,(H,25,27). The number of carbonyl (C=O) groups excluding carboxylic acids is 1. The molecule has 1 heterocycles. The van der Waals surface area contributed by atoms with Crippen molar-refractivity contribution in [2.75, 3.05) is 23.3 Å². The molecular weight excluding hydrogens is 353 g/mol. The summed E-state index contributed by atoms with van der Waals surface area (Å²) in [5.74, 6) is -0.323. The highest BCUT2D eigenvalue weighted by molar-refractivity contribution is 5.95. The number of carbonyl (C=O) groups is 1. The summed E-state index contributed by atoms with van der Waals surface area (Å²) in [6.07, 6.45) is 0.143. The Morgan fingerprint density at radius 2 is 1.67 bits per heavy atom. The topological polar surface area (TPSA) is 32.3 Å². The van der Waals surface area contributed by atoms with Crippen LogP contribution >= 0.6 is 0 Å². The molecule has 0 atom stereocenters. The van der Waals surface area contributed by atoms with Crippen LogP contribution < -0.4 is 10.2 Å². The predicted octanol–water partition coefficient (Wildman–Crippen LogP) is 5.27. The summed E-state index contributed by atoms with van der Waals surface area (Å²) in [4.78, 5) is 14.7. The number of benzene rings is 2. The van der Waals surface area contributed by atoms with Gasteiger partial charge in [0.25, 0.3) is 0 Å². The van der Waals surface area contributed by atoms with E-state index in [9.17, 15) is 18.0 Å². The summed E-state index contributed by atoms with van der Waals surface area (Å²) in [6.45, 7) is 1.89. The third-order valence-corrected chi connectivity index (χ3v) is 4.74. The van der Waals surface area contributed by atoms with Crippen molar-refractivity contribution in [2.24, 2.45) is 0 Å². The van der Waals surface area contributed by atoms with Crippen molar-refractivity contribution in [3.05, 3.63) is 59.7 Å². The number of amides is 1. The first-order chi connectivity index (χ1) is 12.9. The highest BCUT2D eigenvalue weighted by atomic mass is 19.4. The van der Waals surface area contributed by atoms with Crippen LogP contribution in [0.3, 0.4) is 0 Å². The number of hydrogen-bond acceptors (Lipinski definition) is 2. The maximum atomic E-state index is 12.8. The minimum atomic E-state index is -4.41. The molecule has 0 radical (unpaired) electrons. The van der Waals surface area contributed by atoms with Crippen molar-refractivity contribution >= 4 is 17.3 Å². The van der Waals surface area contributed by atoms with E-state index in [0.717, 1.165) is 43.8 Å². The molecule has 0 spiro atoms. The quantitative estimate of drug-likeness (QED) is 0.789. The molecule has 1 aliphatic heterocycles. The van der Waals surface area contributed by atoms with Gasteiger partial charge < -0.3 is 10.2 Å². The lowest BCUT2D eigenvalue weighted by molar-refractivity contribution is -0.137. The van der Waals surface area contributed by atoms with Gasteiger partial charge in [-0.2, -0.15) is 13.2 Å². The highest BCUT2D eigenvalue weighted by Crippen LogP contribution is 2.30. The second kappa shape index (κ2) is 8.46. The Morgan fingerprint density at radius 1 is 0.963 bits per heavy atom. The van der Waals surface area contributed by atoms with E-state index in [2.05, 4.69) is 10.2 Å². The maximum Gasteiger partial charge on any atom is 0.416 e. The summed E-state index contributed by atoms with van der Waals surface area (Å²) >= 11 is 0. The Labute approximate surface area is 157 Å². The van der Waals surface area contributed by atoms with E-state index in [-0.39, 0.29) is 12.3 Å². The first-order valence-electron chi connectivity index (χ1n) is 9.23. The van der Waals surface area contributed by atoms with E-state index in [1.165, 1.54) is 25.0 Å². The molecule has 0 aliphatic carbocycles. The van der Waals surface area contributed by atoms with Crippen LogP contribution in [0.4, 0.5) is 24.5 Å². The molecule has 1 fully saturated rings. The first-order valence-corrected chi connectivity index (χ1v) is 9.23. The average molecular weight is 376 g/mol. The Bertz CT molecular complexity index is 781. The molecule has 0 bridgehead atoms. The molecule has 6 heteroatoms. The SMILES string of the molecule is O=C(Cc1cccc(C(F)(F)F)c1)Nc1ccccc1N1CCCCCC1. The summed E-state index contributed by atoms with van der Waals surface area (Å²) < 4.78 is 38.5. The number of nitrogens with one attached hydrogen (secondary N) is 1. The monoisotopic (exact) mass is 376 g/mol. The molecular formula is C21H23F3N2O. The zero-order valence-corrected chi connectivity index (χ0v) is 15.1. The van der Waals surface area contributed by atoms with E-state index in [1.54, 1.807) is 0 Å². The number of hydrogen-bond donors (Lipinski definition) is 1. The van der Waals surface area contributed by atoms with Gasteiger partial charge >= 0.3 is 6.18 Å². The summed E-state index contributed by atoms with van der Waals surface area (Å²) in [5.41, 5.74) is 1.28. The average Bonchev–Trinajstić information content (AvgIpc) is 2.91. The van der Waals surface area contributed by atoms with Crippen LogP contribution in [0.5, 0.6) is 0 Å². The number of halogens is 3. The number of nitrogens with zero attached hydrogens (tertiary/aromatic N) is 1. The maximum absolute atomic E-state index is 12.8. The van der Waals surface area contributed by atoms with Crippen LogP contribution in [0.2, 0.25) is 0 Å². The Hall–Kier alpha value is -2.50. The number of alkyl halides is 3. The van der Waals surface area contributed by atoms with E-state index >= 15 is 0 Å². The minimum Gasteiger partial charge on any atom is -0.370 e. The molecule has 0 unspecified atom stereocenters. The van der Waals surface area contributed by atoms with Crippen molar-refractivity contribution in [3.63, 3.8) is 0 Å². The lowest BCUT2D eigenvalue weighted by Gasteiger charge is -2.25. The predicted molar refractivity (Wildman–Crippen MR) is 101 cm³/mol. The van der Waals surface area contributed by atoms with Gasteiger partial charge in [-0.3, -0.25) is 4.79 Å². The molecule has 0 aromatic heterocycles. The largest absolute Gasteiger partial charge is 0.416 e. The minimum absolute atomic E-state index is 0.0990. The van der Waals surface area contributed by atoms with Gasteiger partial charge in [-0.05, 0) is 36.6 Å². The Balaban J connectivity index is 1.71. The molecule has 1 N–H and O–H groups in total. The molecule has 144 valence electrons. The van der Waals surface area contributed by atoms with Crippen molar-refractivity contribution in [3.8, 4) is 0 Å². The Morgan fingerprint density at radius 3 is 2.37 bits per heavy atom. The van der Waals surface area contributed by atoms with E-state index in [1.807, 2.05) is 24.3 Å². The number of anilines is 2. The van der Waals surface area contributed by atoms with Crippen LogP contribution in [-0.4, -0.2) is 19.0 Å². The smallest absolute Gasteiger partial charge is 0.370 e. The molecule has 1 saturated heterocycles. The zero-order chi connectivity index (χ0) is 19.3. The number of rotatable bonds is 4. The van der Waals surface area contributed by atoms with Crippen molar-refractivity contribution < 1.29 is 18.0 Å². The molecule has 2 aromatic rings. The van der Waals surface area contributed by atoms with E-state index in [4.69, 9.17) is 0 Å². The van der Waals surface area contributed by atoms with E-state index in [0.29, 0.717) is 11.3 Å². The van der Waals surface area contributed by atoms with Gasteiger partial charge in [-0.25, -0.2) is 0 Å². The van der Waals surface area contributed by atoms with Crippen LogP contribution in [-0.2, 0) is 17.4 Å². The van der Waals surface area contributed by atoms with Gasteiger partial charge in [0.05, 0.1) is 23.4 Å². The van der Waals surface area contributed by atoms with Gasteiger partial charge in [-0.1, -0.05) is 43.2 Å². The van der Waals surface area contributed by atoms with Crippen molar-refractivity contribution in [2.45, 2.75) is 38.3 Å². The Kier molecular flexibility index (Phi) is 6.04. The van der Waals surface area contributed by atoms with Crippen molar-refractivity contribution in [1.29, 1.82) is 0 Å². The summed E-state index contributed by atoms with van der Waals surface area (Å²) in [6, 6.07) is 12.5. The second-order valence-electron chi connectivity index (χ2n) is 6.84. The fourth-order valence-corrected chi connectivity index (χ4v) is 3.40. The van der Waals surface area contributed by atoms with Crippen molar-refractivity contribution in [1.82, 2.24) is 0 Å². The highest BCUT2D eigenvalue weighted by Gasteiger charge is 2.30. The molecule has 1 amide bonds. The number of para-hydroxylation sites is 2. The summed E-state index contributed by atoms with van der Waals surface area (Å²) in [5, 5.41) is 2.87. The molecule has 2 aromatic carbocycles. The van der Waals surface area contributed by atoms with Crippen LogP contribution in [0.1, 0.15) is 36.8 Å². The van der Waals surface area contributed by atoms with Crippen LogP contribution in [0.25, 0.3) is 0 Å². The normalized spacial score (nSPS) is 15.3. The molecule has 3 nitrogen and oxygen atoms in total.